The molecule has 0 aromatic heterocycles. The van der Waals surface area contributed by atoms with E-state index in [-0.39, 0.29) is 37.9 Å². The fourth-order valence-electron chi connectivity index (χ4n) is 15.7. The van der Waals surface area contributed by atoms with E-state index in [0.29, 0.717) is 0 Å². The Hall–Kier alpha value is -5.20. The normalized spacial score (nSPS) is 36.5. The summed E-state index contributed by atoms with van der Waals surface area (Å²) in [5.41, 5.74) is 7.92. The lowest BCUT2D eigenvalue weighted by molar-refractivity contribution is -0.258. The second-order valence-electron chi connectivity index (χ2n) is 21.2. The van der Waals surface area contributed by atoms with E-state index in [2.05, 4.69) is 212 Å². The molecule has 0 amide bonds. The van der Waals surface area contributed by atoms with Crippen LogP contribution in [0.15, 0.2) is 182 Å². The maximum atomic E-state index is 2.75. The lowest BCUT2D eigenvalue weighted by Crippen LogP contribution is -2.69. The fraction of sp³-hybridized carbons (Fsp3) is 0.333. The number of benzene rings is 5. The van der Waals surface area contributed by atoms with Crippen molar-refractivity contribution in [3.8, 4) is 0 Å². The molecule has 0 heterocycles. The molecule has 60 heavy (non-hydrogen) atoms. The van der Waals surface area contributed by atoms with Crippen LogP contribution in [0.1, 0.15) is 105 Å². The van der Waals surface area contributed by atoms with Crippen LogP contribution in [0.2, 0.25) is 0 Å². The van der Waals surface area contributed by atoms with E-state index in [1.807, 2.05) is 0 Å². The molecule has 0 radical (unpaired) electrons. The highest BCUT2D eigenvalue weighted by Gasteiger charge is 2.75. The number of hydrogen-bond acceptors (Lipinski definition) is 0. The summed E-state index contributed by atoms with van der Waals surface area (Å²) in [5, 5.41) is 0. The average Bonchev–Trinajstić information content (AvgIpc) is 3.27. The van der Waals surface area contributed by atoms with Gasteiger partial charge in [-0.25, -0.2) is 0 Å². The molecule has 0 heteroatoms. The van der Waals surface area contributed by atoms with E-state index in [0.717, 1.165) is 5.92 Å². The predicted molar refractivity (Wildman–Crippen MR) is 253 cm³/mol. The summed E-state index contributed by atoms with van der Waals surface area (Å²) in [6.07, 6.45) is 42.0. The Bertz CT molecular complexity index is 2220. The maximum Gasteiger partial charge on any atom is -0.00929 e. The molecule has 300 valence electrons. The smallest absolute Gasteiger partial charge is 0.00929 e. The van der Waals surface area contributed by atoms with Crippen LogP contribution >= 0.6 is 0 Å². The highest BCUT2D eigenvalue weighted by molar-refractivity contribution is 5.57. The summed E-state index contributed by atoms with van der Waals surface area (Å²) in [4.78, 5) is 0. The van der Waals surface area contributed by atoms with Crippen molar-refractivity contribution in [2.45, 2.75) is 77.0 Å². The minimum atomic E-state index is 0.121. The Kier molecular flexibility index (Phi) is 9.11. The van der Waals surface area contributed by atoms with Crippen LogP contribution in [0.25, 0.3) is 30.4 Å². The molecule has 0 nitrogen and oxygen atoms in total. The van der Waals surface area contributed by atoms with Crippen LogP contribution in [0.4, 0.5) is 0 Å². The Morgan fingerprint density at radius 3 is 0.817 bits per heavy atom. The molecule has 2 atom stereocenters. The quantitative estimate of drug-likeness (QED) is 0.125. The lowest BCUT2D eigenvalue weighted by atomic mass is 9.26. The molecule has 0 aliphatic heterocycles. The van der Waals surface area contributed by atoms with Gasteiger partial charge in [-0.05, 0) is 149 Å². The zero-order valence-electron chi connectivity index (χ0n) is 35.3. The van der Waals surface area contributed by atoms with Gasteiger partial charge in [0.2, 0.25) is 0 Å². The highest BCUT2D eigenvalue weighted by Crippen LogP contribution is 2.84. The number of allylic oxidation sites excluding steroid dienone is 5. The van der Waals surface area contributed by atoms with Gasteiger partial charge in [-0.2, -0.15) is 0 Å². The first-order valence-corrected chi connectivity index (χ1v) is 23.0. The zero-order chi connectivity index (χ0) is 40.2. The Morgan fingerprint density at radius 2 is 0.517 bits per heavy atom. The van der Waals surface area contributed by atoms with Crippen LogP contribution in [0.5, 0.6) is 0 Å². The molecule has 13 rings (SSSR count). The Balaban J connectivity index is 1.09. The zero-order valence-corrected chi connectivity index (χ0v) is 35.3. The summed E-state index contributed by atoms with van der Waals surface area (Å²) in [6.45, 7) is 0. The minimum absolute atomic E-state index is 0.121. The van der Waals surface area contributed by atoms with Gasteiger partial charge in [0.05, 0.1) is 0 Å². The molecular formula is C60H60. The third kappa shape index (κ3) is 6.95. The molecular weight excluding hydrogens is 721 g/mol. The number of hydrogen-bond donors (Lipinski definition) is 0. The maximum absolute atomic E-state index is 2.75. The van der Waals surface area contributed by atoms with Crippen molar-refractivity contribution >= 4 is 30.4 Å². The monoisotopic (exact) mass is 780 g/mol. The van der Waals surface area contributed by atoms with E-state index in [9.17, 15) is 0 Å². The van der Waals surface area contributed by atoms with Crippen molar-refractivity contribution in [1.29, 1.82) is 0 Å². The van der Waals surface area contributed by atoms with Gasteiger partial charge in [0.25, 0.3) is 0 Å². The topological polar surface area (TPSA) is 0 Å². The standard InChI is InChI=1S/C60H60/c1-6-16-48(17-7-1)26-31-54-36-53-37-55(39-54,32-27-49-18-8-2-9-19-49)44-59(38-53,43-54)60-45-56(33-28-50-20-10-3-11-21-50)40-57(46-60,34-29-51-22-12-4-13-23-51)42-58(41-56,47-60)35-30-52-24-14-5-15-25-52/h1-35,53H,36-47H2. The van der Waals surface area contributed by atoms with Crippen LogP contribution in [-0.2, 0) is 0 Å². The summed E-state index contributed by atoms with van der Waals surface area (Å²) in [6, 6.07) is 55.8. The average molecular weight is 781 g/mol. The molecule has 0 spiro atoms. The first-order valence-electron chi connectivity index (χ1n) is 23.0. The fourth-order valence-corrected chi connectivity index (χ4v) is 15.7. The van der Waals surface area contributed by atoms with Crippen LogP contribution in [0, 0.1) is 43.8 Å². The molecule has 8 fully saturated rings. The predicted octanol–water partition coefficient (Wildman–Crippen LogP) is 15.8. The number of rotatable bonds is 11. The molecule has 0 N–H and O–H groups in total. The van der Waals surface area contributed by atoms with Crippen molar-refractivity contribution in [1.82, 2.24) is 0 Å². The highest BCUT2D eigenvalue weighted by atomic mass is 14.8. The molecule has 8 aliphatic carbocycles. The van der Waals surface area contributed by atoms with Gasteiger partial charge in [0, 0.05) is 0 Å². The van der Waals surface area contributed by atoms with Gasteiger partial charge in [-0.15, -0.1) is 0 Å². The van der Waals surface area contributed by atoms with Gasteiger partial charge in [-0.1, -0.05) is 212 Å². The van der Waals surface area contributed by atoms with Crippen LogP contribution in [-0.4, -0.2) is 0 Å². The van der Waals surface area contributed by atoms with Crippen molar-refractivity contribution in [2.75, 3.05) is 0 Å². The van der Waals surface area contributed by atoms with E-state index >= 15 is 0 Å². The van der Waals surface area contributed by atoms with Crippen LogP contribution in [0.3, 0.4) is 0 Å². The second kappa shape index (κ2) is 14.5. The van der Waals surface area contributed by atoms with Crippen molar-refractivity contribution in [2.24, 2.45) is 43.8 Å². The molecule has 5 aromatic carbocycles. The summed E-state index contributed by atoms with van der Waals surface area (Å²) >= 11 is 0. The first-order chi connectivity index (χ1) is 29.3. The molecule has 8 bridgehead atoms. The van der Waals surface area contributed by atoms with Gasteiger partial charge in [0.1, 0.15) is 0 Å². The van der Waals surface area contributed by atoms with Gasteiger partial charge in [-0.3, -0.25) is 0 Å². The van der Waals surface area contributed by atoms with E-state index in [1.165, 1.54) is 105 Å². The molecule has 0 saturated heterocycles. The third-order valence-corrected chi connectivity index (χ3v) is 16.6. The van der Waals surface area contributed by atoms with E-state index in [1.54, 1.807) is 0 Å². The first kappa shape index (κ1) is 37.8. The van der Waals surface area contributed by atoms with E-state index in [4.69, 9.17) is 0 Å². The largest absolute Gasteiger partial charge is 0.0776 e. The Morgan fingerprint density at radius 1 is 0.267 bits per heavy atom. The third-order valence-electron chi connectivity index (χ3n) is 16.6. The molecule has 5 aromatic rings. The van der Waals surface area contributed by atoms with Crippen molar-refractivity contribution in [3.05, 3.63) is 210 Å². The lowest BCUT2D eigenvalue weighted by Gasteiger charge is -2.78. The van der Waals surface area contributed by atoms with Gasteiger partial charge >= 0.3 is 0 Å². The van der Waals surface area contributed by atoms with Crippen molar-refractivity contribution in [3.63, 3.8) is 0 Å². The van der Waals surface area contributed by atoms with Crippen molar-refractivity contribution < 1.29 is 0 Å². The minimum Gasteiger partial charge on any atom is -0.0776 e. The summed E-state index contributed by atoms with van der Waals surface area (Å²) < 4.78 is 0. The van der Waals surface area contributed by atoms with Crippen LogP contribution < -0.4 is 0 Å². The summed E-state index contributed by atoms with van der Waals surface area (Å²) in [5.74, 6) is 0.748. The summed E-state index contributed by atoms with van der Waals surface area (Å²) in [7, 11) is 0. The second-order valence-corrected chi connectivity index (χ2v) is 21.2. The van der Waals surface area contributed by atoms with E-state index < -0.39 is 0 Å². The molecule has 8 saturated carbocycles. The molecule has 8 aliphatic rings. The molecule has 2 unspecified atom stereocenters. The SMILES string of the molecule is C(=CC12CC3CC(C=Cc4ccccc4)(C1)CC(C14CC5(C=Cc6ccccc6)CC(C=Cc6ccccc6)(CC(C=Cc6ccccc6)(C5)C1)C4)(C3)C2)c1ccccc1. The Labute approximate surface area is 359 Å². The van der Waals surface area contributed by atoms with Gasteiger partial charge in [0.15, 0.2) is 0 Å². The van der Waals surface area contributed by atoms with Gasteiger partial charge < -0.3 is 0 Å².